The van der Waals surface area contributed by atoms with Gasteiger partial charge in [-0.05, 0) is 82.8 Å². The summed E-state index contributed by atoms with van der Waals surface area (Å²) in [5.74, 6) is 0.237. The molecule has 7 aromatic rings. The molecule has 2 nitrogen and oxygen atoms in total. The summed E-state index contributed by atoms with van der Waals surface area (Å²) in [5, 5.41) is 1.26. The Bertz CT molecular complexity index is 2310. The zero-order valence-corrected chi connectivity index (χ0v) is 27.7. The topological polar surface area (TPSA) is 8.17 Å². The van der Waals surface area contributed by atoms with Gasteiger partial charge in [0.05, 0.1) is 5.52 Å². The van der Waals surface area contributed by atoms with Crippen LogP contribution in [0, 0.1) is 5.92 Å². The first-order valence-electron chi connectivity index (χ1n) is 17.1. The lowest BCUT2D eigenvalue weighted by Crippen LogP contribution is -2.10. The van der Waals surface area contributed by atoms with Gasteiger partial charge in [0.25, 0.3) is 0 Å². The Morgan fingerprint density at radius 1 is 0.551 bits per heavy atom. The van der Waals surface area contributed by atoms with Crippen LogP contribution in [0.25, 0.3) is 33.3 Å². The third-order valence-electron chi connectivity index (χ3n) is 9.30. The molecule has 1 aliphatic rings. The van der Waals surface area contributed by atoms with Gasteiger partial charge in [0.2, 0.25) is 0 Å². The molecule has 0 radical (unpaired) electrons. The second-order valence-electron chi connectivity index (χ2n) is 12.6. The summed E-state index contributed by atoms with van der Waals surface area (Å²) in [4.78, 5) is 2.37. The van der Waals surface area contributed by atoms with Gasteiger partial charge in [-0.25, -0.2) is 0 Å². The van der Waals surface area contributed by atoms with Crippen molar-refractivity contribution in [2.24, 2.45) is 5.92 Å². The van der Waals surface area contributed by atoms with Crippen LogP contribution in [0.3, 0.4) is 0 Å². The Labute approximate surface area is 289 Å². The largest absolute Gasteiger partial charge is 0.313 e. The Kier molecular flexibility index (Phi) is 8.36. The molecule has 236 valence electrons. The summed E-state index contributed by atoms with van der Waals surface area (Å²) in [5.41, 5.74) is 13.2. The molecule has 1 aliphatic carbocycles. The minimum Gasteiger partial charge on any atom is -0.313 e. The average molecular weight is 631 g/mol. The number of fused-ring (bicyclic) bond motifs is 3. The summed E-state index contributed by atoms with van der Waals surface area (Å²) in [7, 11) is 0. The van der Waals surface area contributed by atoms with E-state index in [1.165, 1.54) is 50.1 Å². The lowest BCUT2D eigenvalue weighted by Gasteiger charge is -2.27. The zero-order valence-electron chi connectivity index (χ0n) is 27.7. The number of allylic oxidation sites excluding steroid dienone is 5. The quantitative estimate of drug-likeness (QED) is 0.177. The van der Waals surface area contributed by atoms with Crippen molar-refractivity contribution in [3.8, 4) is 16.8 Å². The van der Waals surface area contributed by atoms with Gasteiger partial charge in [0, 0.05) is 45.8 Å². The number of nitrogens with zero attached hydrogens (tertiary/aromatic N) is 2. The third kappa shape index (κ3) is 6.06. The second kappa shape index (κ2) is 13.5. The first-order chi connectivity index (χ1) is 24.2. The van der Waals surface area contributed by atoms with Crippen LogP contribution in [-0.4, -0.2) is 4.57 Å². The van der Waals surface area contributed by atoms with E-state index in [1.807, 2.05) is 0 Å². The van der Waals surface area contributed by atoms with Crippen molar-refractivity contribution in [3.63, 3.8) is 0 Å². The molecule has 0 fully saturated rings. The van der Waals surface area contributed by atoms with Crippen LogP contribution in [0.15, 0.2) is 194 Å². The normalized spacial score (nSPS) is 16.7. The van der Waals surface area contributed by atoms with Crippen LogP contribution in [0.5, 0.6) is 0 Å². The van der Waals surface area contributed by atoms with E-state index in [9.17, 15) is 0 Å². The predicted molar refractivity (Wildman–Crippen MR) is 208 cm³/mol. The maximum atomic E-state index is 2.45. The van der Waals surface area contributed by atoms with Gasteiger partial charge in [0.15, 0.2) is 0 Å². The number of benzene rings is 6. The van der Waals surface area contributed by atoms with Gasteiger partial charge in [-0.15, -0.1) is 0 Å². The van der Waals surface area contributed by atoms with Gasteiger partial charge in [0.1, 0.15) is 0 Å². The number of anilines is 3. The van der Waals surface area contributed by atoms with Gasteiger partial charge >= 0.3 is 0 Å². The molecule has 0 amide bonds. The highest BCUT2D eigenvalue weighted by Gasteiger charge is 2.23. The van der Waals surface area contributed by atoms with Crippen LogP contribution in [0.2, 0.25) is 0 Å². The lowest BCUT2D eigenvalue weighted by molar-refractivity contribution is 0.938. The Morgan fingerprint density at radius 3 is 1.90 bits per heavy atom. The molecule has 1 unspecified atom stereocenters. The number of hydrogen-bond donors (Lipinski definition) is 0. The van der Waals surface area contributed by atoms with Crippen molar-refractivity contribution in [1.82, 2.24) is 4.57 Å². The van der Waals surface area contributed by atoms with E-state index in [1.54, 1.807) is 0 Å². The van der Waals surface area contributed by atoms with Crippen molar-refractivity contribution in [1.29, 1.82) is 0 Å². The monoisotopic (exact) mass is 630 g/mol. The molecule has 0 saturated heterocycles. The molecule has 0 saturated carbocycles. The van der Waals surface area contributed by atoms with E-state index in [-0.39, 0.29) is 5.92 Å². The van der Waals surface area contributed by atoms with Crippen molar-refractivity contribution < 1.29 is 0 Å². The zero-order chi connectivity index (χ0) is 33.0. The van der Waals surface area contributed by atoms with Crippen LogP contribution in [0.1, 0.15) is 23.7 Å². The van der Waals surface area contributed by atoms with Crippen molar-refractivity contribution in [2.75, 3.05) is 4.90 Å². The molecule has 2 heteroatoms. The minimum atomic E-state index is 0.237. The fourth-order valence-corrected chi connectivity index (χ4v) is 7.09. The molecular formula is C47H38N2. The van der Waals surface area contributed by atoms with E-state index in [0.717, 1.165) is 23.5 Å². The SMILES string of the molecule is CC1/C=C\C=C/Cc2c(c3ccccc3n2-c2ccccc2)/C(c2cccc(N(c3ccccc3)c3cccc(-c4ccccc4)c3)c2)=C\1. The first kappa shape index (κ1) is 30.2. The standard InChI is InChI=1S/C47H38N2/c1-35-18-6-2-13-31-46-47(43-29-14-15-30-45(43)49(46)40-25-11-5-12-26-40)44(32-35)38-22-17-28-42(34-38)48(39-23-9-4-10-24-39)41-27-16-21-37(33-41)36-19-7-3-8-20-36/h2-30,32-35H,31H2,1H3/b13-2-,18-6-,44-32-. The number of aromatic nitrogens is 1. The molecule has 1 heterocycles. The highest BCUT2D eigenvalue weighted by Crippen LogP contribution is 2.42. The lowest BCUT2D eigenvalue weighted by atomic mass is 9.90. The fourth-order valence-electron chi connectivity index (χ4n) is 7.09. The van der Waals surface area contributed by atoms with E-state index in [4.69, 9.17) is 0 Å². The molecule has 1 aromatic heterocycles. The van der Waals surface area contributed by atoms with E-state index < -0.39 is 0 Å². The molecule has 8 rings (SSSR count). The summed E-state index contributed by atoms with van der Waals surface area (Å²) in [6, 6.07) is 58.9. The summed E-state index contributed by atoms with van der Waals surface area (Å²) in [6.07, 6.45) is 12.2. The average Bonchev–Trinajstić information content (AvgIpc) is 3.49. The summed E-state index contributed by atoms with van der Waals surface area (Å²) < 4.78 is 2.45. The molecule has 1 atom stereocenters. The molecule has 0 N–H and O–H groups in total. The van der Waals surface area contributed by atoms with Gasteiger partial charge < -0.3 is 9.47 Å². The second-order valence-corrected chi connectivity index (χ2v) is 12.6. The predicted octanol–water partition coefficient (Wildman–Crippen LogP) is 12.5. The minimum absolute atomic E-state index is 0.237. The molecular weight excluding hydrogens is 593 g/mol. The van der Waals surface area contributed by atoms with E-state index in [0.29, 0.717) is 0 Å². The maximum Gasteiger partial charge on any atom is 0.0538 e. The molecule has 0 bridgehead atoms. The van der Waals surface area contributed by atoms with Crippen LogP contribution in [-0.2, 0) is 6.42 Å². The first-order valence-corrected chi connectivity index (χ1v) is 17.1. The van der Waals surface area contributed by atoms with Gasteiger partial charge in [-0.2, -0.15) is 0 Å². The van der Waals surface area contributed by atoms with Gasteiger partial charge in [-0.1, -0.05) is 146 Å². The fraction of sp³-hybridized carbons (Fsp3) is 0.0638. The number of para-hydroxylation sites is 3. The van der Waals surface area contributed by atoms with E-state index in [2.05, 4.69) is 211 Å². The van der Waals surface area contributed by atoms with Crippen LogP contribution < -0.4 is 4.90 Å². The highest BCUT2D eigenvalue weighted by molar-refractivity contribution is 6.00. The Morgan fingerprint density at radius 2 is 1.14 bits per heavy atom. The van der Waals surface area contributed by atoms with Gasteiger partial charge in [-0.3, -0.25) is 0 Å². The van der Waals surface area contributed by atoms with Crippen LogP contribution in [0.4, 0.5) is 17.1 Å². The van der Waals surface area contributed by atoms with Crippen molar-refractivity contribution in [2.45, 2.75) is 13.3 Å². The van der Waals surface area contributed by atoms with Crippen molar-refractivity contribution >= 4 is 33.5 Å². The van der Waals surface area contributed by atoms with E-state index >= 15 is 0 Å². The van der Waals surface area contributed by atoms with Crippen molar-refractivity contribution in [3.05, 3.63) is 211 Å². The maximum absolute atomic E-state index is 2.45. The molecule has 0 spiro atoms. The highest BCUT2D eigenvalue weighted by atomic mass is 15.1. The summed E-state index contributed by atoms with van der Waals surface area (Å²) in [6.45, 7) is 2.28. The molecule has 49 heavy (non-hydrogen) atoms. The Hall–Kier alpha value is -6.12. The Balaban J connectivity index is 1.34. The molecule has 6 aromatic carbocycles. The molecule has 0 aliphatic heterocycles. The third-order valence-corrected chi connectivity index (χ3v) is 9.30. The summed E-state index contributed by atoms with van der Waals surface area (Å²) >= 11 is 0. The van der Waals surface area contributed by atoms with Crippen LogP contribution >= 0.6 is 0 Å². The number of hydrogen-bond acceptors (Lipinski definition) is 1. The smallest absolute Gasteiger partial charge is 0.0538 e. The number of rotatable bonds is 6.